The lowest BCUT2D eigenvalue weighted by atomic mass is 10.0. The number of furan rings is 2. The molecule has 0 aliphatic carbocycles. The summed E-state index contributed by atoms with van der Waals surface area (Å²) in [5, 5.41) is 6.76. The molecule has 44 heavy (non-hydrogen) atoms. The SMILES string of the molecule is CCCCCCCCCCc1ccsc1-c1oc2cc3c(I)c(-c4sccc4CCCCCCCCCC)oc3cc2c1I. The van der Waals surface area contributed by atoms with Crippen LogP contribution in [0.25, 0.3) is 43.2 Å². The molecule has 6 heteroatoms. The van der Waals surface area contributed by atoms with Crippen molar-refractivity contribution in [1.29, 1.82) is 0 Å². The van der Waals surface area contributed by atoms with Gasteiger partial charge in [-0.1, -0.05) is 104 Å². The molecule has 4 heterocycles. The molecule has 1 aromatic carbocycles. The minimum absolute atomic E-state index is 0.957. The Hall–Kier alpha value is -0.840. The Morgan fingerprint density at radius 2 is 0.886 bits per heavy atom. The molecule has 0 saturated heterocycles. The quantitative estimate of drug-likeness (QED) is 0.0576. The van der Waals surface area contributed by atoms with Crippen molar-refractivity contribution in [2.24, 2.45) is 0 Å². The molecule has 2 nitrogen and oxygen atoms in total. The molecule has 0 atom stereocenters. The first-order chi connectivity index (χ1) is 21.6. The maximum Gasteiger partial charge on any atom is 0.158 e. The first-order valence-electron chi connectivity index (χ1n) is 17.1. The fourth-order valence-electron chi connectivity index (χ4n) is 6.28. The van der Waals surface area contributed by atoms with Gasteiger partial charge in [-0.25, -0.2) is 0 Å². The van der Waals surface area contributed by atoms with Crippen molar-refractivity contribution in [3.8, 4) is 21.3 Å². The molecule has 0 N–H and O–H groups in total. The molecular weight excluding hydrogens is 806 g/mol. The Morgan fingerprint density at radius 1 is 0.523 bits per heavy atom. The lowest BCUT2D eigenvalue weighted by Gasteiger charge is -2.04. The summed E-state index contributed by atoms with van der Waals surface area (Å²) < 4.78 is 15.6. The molecule has 0 bridgehead atoms. The number of hydrogen-bond acceptors (Lipinski definition) is 4. The van der Waals surface area contributed by atoms with E-state index in [0.717, 1.165) is 46.3 Å². The topological polar surface area (TPSA) is 26.3 Å². The average Bonchev–Trinajstić information content (AvgIpc) is 3.82. The molecule has 0 radical (unpaired) electrons. The third kappa shape index (κ3) is 8.74. The van der Waals surface area contributed by atoms with Gasteiger partial charge in [-0.05, 0) is 117 Å². The third-order valence-corrected chi connectivity index (χ3v) is 12.9. The zero-order valence-corrected chi connectivity index (χ0v) is 32.5. The van der Waals surface area contributed by atoms with Crippen molar-refractivity contribution in [3.05, 3.63) is 53.3 Å². The summed E-state index contributed by atoms with van der Waals surface area (Å²) in [5.74, 6) is 2.05. The number of hydrogen-bond donors (Lipinski definition) is 0. The third-order valence-electron chi connectivity index (χ3n) is 8.88. The van der Waals surface area contributed by atoms with Crippen molar-refractivity contribution in [2.45, 2.75) is 129 Å². The Bertz CT molecular complexity index is 1470. The number of halogens is 2. The first kappa shape index (κ1) is 34.5. The van der Waals surface area contributed by atoms with Gasteiger partial charge in [-0.3, -0.25) is 0 Å². The largest absolute Gasteiger partial charge is 0.454 e. The minimum Gasteiger partial charge on any atom is -0.454 e. The summed E-state index contributed by atoms with van der Waals surface area (Å²) >= 11 is 8.59. The van der Waals surface area contributed by atoms with Gasteiger partial charge in [0.2, 0.25) is 0 Å². The fourth-order valence-corrected chi connectivity index (χ4v) is 10.1. The summed E-state index contributed by atoms with van der Waals surface area (Å²) in [6, 6.07) is 9.03. The lowest BCUT2D eigenvalue weighted by molar-refractivity contribution is 0.575. The lowest BCUT2D eigenvalue weighted by Crippen LogP contribution is -1.87. The molecule has 0 spiro atoms. The molecule has 5 aromatic rings. The van der Waals surface area contributed by atoms with Gasteiger partial charge in [-0.15, -0.1) is 22.7 Å². The maximum atomic E-state index is 6.62. The second-order valence-corrected chi connectivity index (χ2v) is 16.3. The summed E-state index contributed by atoms with van der Waals surface area (Å²) in [4.78, 5) is 2.59. The zero-order chi connectivity index (χ0) is 30.7. The summed E-state index contributed by atoms with van der Waals surface area (Å²) in [6.07, 6.45) is 23.9. The zero-order valence-electron chi connectivity index (χ0n) is 26.6. The molecule has 0 saturated carbocycles. The van der Waals surface area contributed by atoms with Crippen molar-refractivity contribution >= 4 is 89.8 Å². The van der Waals surface area contributed by atoms with Gasteiger partial charge in [0, 0.05) is 10.8 Å². The Balaban J connectivity index is 1.25. The van der Waals surface area contributed by atoms with Crippen LogP contribution in [0.15, 0.2) is 43.9 Å². The van der Waals surface area contributed by atoms with Gasteiger partial charge in [0.05, 0.1) is 16.9 Å². The van der Waals surface area contributed by atoms with E-state index >= 15 is 0 Å². The van der Waals surface area contributed by atoms with Gasteiger partial charge in [0.25, 0.3) is 0 Å². The van der Waals surface area contributed by atoms with E-state index in [4.69, 9.17) is 8.83 Å². The smallest absolute Gasteiger partial charge is 0.158 e. The molecule has 4 aromatic heterocycles. The molecule has 0 fully saturated rings. The summed E-state index contributed by atoms with van der Waals surface area (Å²) in [7, 11) is 0. The highest BCUT2D eigenvalue weighted by molar-refractivity contribution is 14.1. The highest BCUT2D eigenvalue weighted by Crippen LogP contribution is 2.44. The van der Waals surface area contributed by atoms with Crippen molar-refractivity contribution in [3.63, 3.8) is 0 Å². The highest BCUT2D eigenvalue weighted by atomic mass is 127. The Kier molecular flexibility index (Phi) is 14.0. The van der Waals surface area contributed by atoms with E-state index in [2.05, 4.69) is 94.1 Å². The predicted octanol–water partition coefficient (Wildman–Crippen LogP) is 15.2. The molecule has 5 rings (SSSR count). The van der Waals surface area contributed by atoms with Gasteiger partial charge in [0.1, 0.15) is 11.2 Å². The van der Waals surface area contributed by atoms with Gasteiger partial charge < -0.3 is 8.83 Å². The fraction of sp³-hybridized carbons (Fsp3) is 0.526. The molecule has 0 aliphatic heterocycles. The second-order valence-electron chi connectivity index (χ2n) is 12.3. The van der Waals surface area contributed by atoms with Gasteiger partial charge in [-0.2, -0.15) is 0 Å². The van der Waals surface area contributed by atoms with E-state index in [9.17, 15) is 0 Å². The van der Waals surface area contributed by atoms with Crippen LogP contribution in [0.5, 0.6) is 0 Å². The predicted molar refractivity (Wildman–Crippen MR) is 211 cm³/mol. The molecule has 0 unspecified atom stereocenters. The van der Waals surface area contributed by atoms with Crippen LogP contribution < -0.4 is 0 Å². The van der Waals surface area contributed by atoms with Crippen LogP contribution in [-0.2, 0) is 12.8 Å². The van der Waals surface area contributed by atoms with Crippen LogP contribution in [-0.4, -0.2) is 0 Å². The average molecular weight is 855 g/mol. The number of rotatable bonds is 20. The van der Waals surface area contributed by atoms with Crippen LogP contribution >= 0.6 is 67.9 Å². The van der Waals surface area contributed by atoms with E-state index in [1.54, 1.807) is 0 Å². The summed E-state index contributed by atoms with van der Waals surface area (Å²) in [6.45, 7) is 4.58. The Labute approximate surface area is 300 Å². The van der Waals surface area contributed by atoms with E-state index in [0.29, 0.717) is 0 Å². The van der Waals surface area contributed by atoms with E-state index < -0.39 is 0 Å². The standard InChI is InChI=1S/C38H48I2O2S2/c1-3-5-7-9-11-13-15-17-19-27-21-23-43-37(27)35-33(39)29-25-32-30(26-31(29)41-35)34(40)36(42-32)38-28(22-24-44-38)20-18-16-14-12-10-8-6-4-2/h21-26H,3-20H2,1-2H3. The number of thiophene rings is 2. The van der Waals surface area contributed by atoms with E-state index in [-0.39, 0.29) is 0 Å². The van der Waals surface area contributed by atoms with Crippen molar-refractivity contribution in [1.82, 2.24) is 0 Å². The summed E-state index contributed by atoms with van der Waals surface area (Å²) in [5.41, 5.74) is 4.78. The van der Waals surface area contributed by atoms with E-state index in [1.807, 2.05) is 22.7 Å². The van der Waals surface area contributed by atoms with Crippen molar-refractivity contribution < 1.29 is 8.83 Å². The molecule has 0 aliphatic rings. The van der Waals surface area contributed by atoms with Gasteiger partial charge in [0.15, 0.2) is 11.5 Å². The van der Waals surface area contributed by atoms with Crippen LogP contribution in [0.1, 0.15) is 128 Å². The van der Waals surface area contributed by atoms with Crippen LogP contribution in [0.4, 0.5) is 0 Å². The molecular formula is C38H48I2O2S2. The molecule has 0 amide bonds. The van der Waals surface area contributed by atoms with Crippen LogP contribution in [0.2, 0.25) is 0 Å². The number of fused-ring (bicyclic) bond motifs is 2. The van der Waals surface area contributed by atoms with Crippen molar-refractivity contribution in [2.75, 3.05) is 0 Å². The Morgan fingerprint density at radius 3 is 1.27 bits per heavy atom. The minimum atomic E-state index is 0.957. The number of unbranched alkanes of at least 4 members (excludes halogenated alkanes) is 14. The molecule has 238 valence electrons. The van der Waals surface area contributed by atoms with Crippen LogP contribution in [0.3, 0.4) is 0 Å². The normalized spacial score (nSPS) is 11.9. The van der Waals surface area contributed by atoms with Crippen LogP contribution in [0, 0.1) is 7.14 Å². The number of aryl methyl sites for hydroxylation is 2. The van der Waals surface area contributed by atoms with Gasteiger partial charge >= 0.3 is 0 Å². The van der Waals surface area contributed by atoms with E-state index in [1.165, 1.54) is 131 Å². The maximum absolute atomic E-state index is 6.62. The monoisotopic (exact) mass is 854 g/mol. The second kappa shape index (κ2) is 17.9. The highest BCUT2D eigenvalue weighted by Gasteiger charge is 2.23. The number of benzene rings is 1. The first-order valence-corrected chi connectivity index (χ1v) is 21.0.